The van der Waals surface area contributed by atoms with Crippen LogP contribution < -0.4 is 5.32 Å². The van der Waals surface area contributed by atoms with E-state index in [0.29, 0.717) is 23.2 Å². The fourth-order valence-electron chi connectivity index (χ4n) is 3.55. The molecule has 4 rings (SSSR count). The standard InChI is InChI=1S/C16H17FN2O2/c1-8-9-3-2-4-11(17)15(9)19-14(8)16(20)18-12-7-13-10(12)5-6-21-13/h2-4,10,12-13,19H,5-7H2,1H3,(H,18,20)/t10-,12+,13+/m1/s1. The number of aromatic nitrogens is 1. The van der Waals surface area contributed by atoms with Crippen LogP contribution in [0.4, 0.5) is 4.39 Å². The topological polar surface area (TPSA) is 54.1 Å². The third-order valence-corrected chi connectivity index (χ3v) is 4.85. The molecule has 1 aromatic heterocycles. The van der Waals surface area contributed by atoms with E-state index in [2.05, 4.69) is 10.3 Å². The summed E-state index contributed by atoms with van der Waals surface area (Å²) >= 11 is 0. The minimum Gasteiger partial charge on any atom is -0.378 e. The normalized spacial score (nSPS) is 27.4. The van der Waals surface area contributed by atoms with E-state index in [-0.39, 0.29) is 17.8 Å². The summed E-state index contributed by atoms with van der Waals surface area (Å²) in [6.07, 6.45) is 2.21. The summed E-state index contributed by atoms with van der Waals surface area (Å²) in [6.45, 7) is 2.63. The number of amides is 1. The number of para-hydroxylation sites is 1. The van der Waals surface area contributed by atoms with E-state index in [0.717, 1.165) is 30.4 Å². The number of hydrogen-bond donors (Lipinski definition) is 2. The van der Waals surface area contributed by atoms with Crippen molar-refractivity contribution in [1.29, 1.82) is 0 Å². The van der Waals surface area contributed by atoms with Crippen molar-refractivity contribution in [2.75, 3.05) is 6.61 Å². The highest BCUT2D eigenvalue weighted by Gasteiger charge is 2.45. The molecule has 2 aliphatic rings. The number of carbonyl (C=O) groups excluding carboxylic acids is 1. The van der Waals surface area contributed by atoms with Gasteiger partial charge >= 0.3 is 0 Å². The average molecular weight is 288 g/mol. The highest BCUT2D eigenvalue weighted by Crippen LogP contribution is 2.38. The van der Waals surface area contributed by atoms with Crippen molar-refractivity contribution >= 4 is 16.8 Å². The third kappa shape index (κ3) is 1.87. The zero-order chi connectivity index (χ0) is 14.6. The first kappa shape index (κ1) is 12.8. The number of rotatable bonds is 2. The molecule has 2 N–H and O–H groups in total. The monoisotopic (exact) mass is 288 g/mol. The van der Waals surface area contributed by atoms with Crippen molar-refractivity contribution in [2.45, 2.75) is 31.9 Å². The van der Waals surface area contributed by atoms with E-state index in [1.165, 1.54) is 6.07 Å². The van der Waals surface area contributed by atoms with Crippen LogP contribution in [-0.4, -0.2) is 29.6 Å². The summed E-state index contributed by atoms with van der Waals surface area (Å²) in [5.74, 6) is -0.0450. The van der Waals surface area contributed by atoms with Crippen molar-refractivity contribution in [3.05, 3.63) is 35.3 Å². The number of carbonyl (C=O) groups is 1. The zero-order valence-corrected chi connectivity index (χ0v) is 11.8. The number of ether oxygens (including phenoxy) is 1. The van der Waals surface area contributed by atoms with E-state index in [9.17, 15) is 9.18 Å². The maximum absolute atomic E-state index is 13.8. The van der Waals surface area contributed by atoms with Crippen LogP contribution >= 0.6 is 0 Å². The lowest BCUT2D eigenvalue weighted by molar-refractivity contribution is 0.00803. The number of hydrogen-bond acceptors (Lipinski definition) is 2. The second kappa shape index (κ2) is 4.56. The van der Waals surface area contributed by atoms with Gasteiger partial charge in [-0.1, -0.05) is 12.1 Å². The lowest BCUT2D eigenvalue weighted by Gasteiger charge is -2.39. The predicted octanol–water partition coefficient (Wildman–Crippen LogP) is 2.52. The zero-order valence-electron chi connectivity index (χ0n) is 11.8. The highest BCUT2D eigenvalue weighted by molar-refractivity contribution is 6.01. The summed E-state index contributed by atoms with van der Waals surface area (Å²) in [6, 6.07) is 5.06. The molecular weight excluding hydrogens is 271 g/mol. The Balaban J connectivity index is 1.60. The molecule has 2 aromatic rings. The molecule has 1 amide bonds. The van der Waals surface area contributed by atoms with Crippen molar-refractivity contribution in [2.24, 2.45) is 5.92 Å². The van der Waals surface area contributed by atoms with E-state index in [1.807, 2.05) is 13.0 Å². The maximum atomic E-state index is 13.8. The molecular formula is C16H17FN2O2. The Bertz CT molecular complexity index is 724. The van der Waals surface area contributed by atoms with Gasteiger partial charge in [0, 0.05) is 24.0 Å². The van der Waals surface area contributed by atoms with Gasteiger partial charge < -0.3 is 15.0 Å². The van der Waals surface area contributed by atoms with Crippen LogP contribution in [0.1, 0.15) is 28.9 Å². The number of fused-ring (bicyclic) bond motifs is 2. The Morgan fingerprint density at radius 2 is 2.33 bits per heavy atom. The molecule has 21 heavy (non-hydrogen) atoms. The van der Waals surface area contributed by atoms with Gasteiger partial charge in [0.2, 0.25) is 0 Å². The van der Waals surface area contributed by atoms with Gasteiger partial charge in [0.05, 0.1) is 11.6 Å². The van der Waals surface area contributed by atoms with Gasteiger partial charge in [-0.05, 0) is 31.4 Å². The minimum absolute atomic E-state index is 0.154. The molecule has 3 atom stereocenters. The fraction of sp³-hybridized carbons (Fsp3) is 0.438. The molecule has 4 nitrogen and oxygen atoms in total. The first-order chi connectivity index (χ1) is 10.1. The Hall–Kier alpha value is -1.88. The summed E-state index contributed by atoms with van der Waals surface area (Å²) < 4.78 is 19.3. The van der Waals surface area contributed by atoms with Gasteiger partial charge in [0.25, 0.3) is 5.91 Å². The van der Waals surface area contributed by atoms with Crippen molar-refractivity contribution in [3.8, 4) is 0 Å². The lowest BCUT2D eigenvalue weighted by atomic mass is 9.76. The number of halogens is 1. The highest BCUT2D eigenvalue weighted by atomic mass is 19.1. The first-order valence-electron chi connectivity index (χ1n) is 7.34. The Kier molecular flexibility index (Phi) is 2.79. The van der Waals surface area contributed by atoms with E-state index < -0.39 is 0 Å². The number of H-pyrrole nitrogens is 1. The molecule has 2 heterocycles. The number of nitrogens with one attached hydrogen (secondary N) is 2. The smallest absolute Gasteiger partial charge is 0.268 e. The minimum atomic E-state index is -0.331. The molecule has 1 aliphatic carbocycles. The number of aromatic amines is 1. The lowest BCUT2D eigenvalue weighted by Crippen LogP contribution is -2.53. The quantitative estimate of drug-likeness (QED) is 0.892. The van der Waals surface area contributed by atoms with Gasteiger partial charge in [-0.15, -0.1) is 0 Å². The first-order valence-corrected chi connectivity index (χ1v) is 7.34. The second-order valence-electron chi connectivity index (χ2n) is 5.96. The summed E-state index contributed by atoms with van der Waals surface area (Å²) in [7, 11) is 0. The van der Waals surface area contributed by atoms with Gasteiger partial charge in [0.1, 0.15) is 11.5 Å². The Labute approximate surface area is 121 Å². The van der Waals surface area contributed by atoms with Crippen LogP contribution in [0.15, 0.2) is 18.2 Å². The van der Waals surface area contributed by atoms with Crippen molar-refractivity contribution in [3.63, 3.8) is 0 Å². The summed E-state index contributed by atoms with van der Waals surface area (Å²) in [5.41, 5.74) is 1.65. The molecule has 110 valence electrons. The maximum Gasteiger partial charge on any atom is 0.268 e. The Morgan fingerprint density at radius 3 is 3.10 bits per heavy atom. The molecule has 0 spiro atoms. The van der Waals surface area contributed by atoms with Crippen LogP contribution in [0, 0.1) is 18.7 Å². The molecule has 1 saturated heterocycles. The van der Waals surface area contributed by atoms with Crippen LogP contribution in [-0.2, 0) is 4.74 Å². The van der Waals surface area contributed by atoms with Crippen LogP contribution in [0.3, 0.4) is 0 Å². The SMILES string of the molecule is Cc1c(C(=O)N[C@H]2C[C@@H]3OCC[C@H]23)[nH]c2c(F)cccc12. The van der Waals surface area contributed by atoms with Gasteiger partial charge in [-0.2, -0.15) is 0 Å². The number of aryl methyl sites for hydroxylation is 1. The second-order valence-corrected chi connectivity index (χ2v) is 5.96. The Morgan fingerprint density at radius 1 is 1.48 bits per heavy atom. The molecule has 1 aliphatic heterocycles. The van der Waals surface area contributed by atoms with Crippen molar-refractivity contribution in [1.82, 2.24) is 10.3 Å². The molecule has 1 saturated carbocycles. The molecule has 1 aromatic carbocycles. The largest absolute Gasteiger partial charge is 0.378 e. The summed E-state index contributed by atoms with van der Waals surface area (Å²) in [4.78, 5) is 15.4. The predicted molar refractivity (Wildman–Crippen MR) is 76.7 cm³/mol. The molecule has 0 bridgehead atoms. The summed E-state index contributed by atoms with van der Waals surface area (Å²) in [5, 5.41) is 3.81. The number of benzene rings is 1. The van der Waals surface area contributed by atoms with Crippen LogP contribution in [0.25, 0.3) is 10.9 Å². The molecule has 5 heteroatoms. The van der Waals surface area contributed by atoms with Crippen LogP contribution in [0.5, 0.6) is 0 Å². The van der Waals surface area contributed by atoms with E-state index in [1.54, 1.807) is 6.07 Å². The van der Waals surface area contributed by atoms with E-state index in [4.69, 9.17) is 4.74 Å². The van der Waals surface area contributed by atoms with Crippen molar-refractivity contribution < 1.29 is 13.9 Å². The van der Waals surface area contributed by atoms with Gasteiger partial charge in [-0.3, -0.25) is 4.79 Å². The third-order valence-electron chi connectivity index (χ3n) is 4.85. The van der Waals surface area contributed by atoms with Gasteiger partial charge in [-0.25, -0.2) is 4.39 Å². The molecule has 0 unspecified atom stereocenters. The van der Waals surface area contributed by atoms with Crippen LogP contribution in [0.2, 0.25) is 0 Å². The average Bonchev–Trinajstić information content (AvgIpc) is 2.99. The van der Waals surface area contributed by atoms with Gasteiger partial charge in [0.15, 0.2) is 0 Å². The fourth-order valence-corrected chi connectivity index (χ4v) is 3.55. The van der Waals surface area contributed by atoms with E-state index >= 15 is 0 Å². The molecule has 0 radical (unpaired) electrons. The molecule has 2 fully saturated rings.